The molecule has 0 aromatic rings. The fraction of sp³-hybridized carbons (Fsp3) is 1.00. The molecule has 0 saturated heterocycles. The Morgan fingerprint density at radius 2 is 1.58 bits per heavy atom. The Morgan fingerprint density at radius 1 is 1.00 bits per heavy atom. The summed E-state index contributed by atoms with van der Waals surface area (Å²) < 4.78 is 0. The van der Waals surface area contributed by atoms with Gasteiger partial charge in [0.25, 0.3) is 0 Å². The second-order valence-electron chi connectivity index (χ2n) is 5.69. The van der Waals surface area contributed by atoms with Crippen molar-refractivity contribution in [2.75, 3.05) is 0 Å². The van der Waals surface area contributed by atoms with Crippen molar-refractivity contribution in [3.05, 3.63) is 0 Å². The lowest BCUT2D eigenvalue weighted by Crippen LogP contribution is -2.33. The molecule has 0 radical (unpaired) electrons. The van der Waals surface area contributed by atoms with Crippen LogP contribution in [-0.4, -0.2) is 0 Å². The van der Waals surface area contributed by atoms with Gasteiger partial charge < -0.3 is 0 Å². The largest absolute Gasteiger partial charge is 0.0620 e. The molecule has 0 heteroatoms. The van der Waals surface area contributed by atoms with E-state index in [9.17, 15) is 0 Å². The lowest BCUT2D eigenvalue weighted by Gasteiger charge is -2.41. The molecule has 0 N–H and O–H groups in total. The molecule has 1 atom stereocenters. The Hall–Kier alpha value is 0. The summed E-state index contributed by atoms with van der Waals surface area (Å²) in [4.78, 5) is 0. The molecule has 2 aliphatic carbocycles. The molecular weight excluding hydrogens is 144 g/mol. The highest BCUT2D eigenvalue weighted by Crippen LogP contribution is 2.63. The summed E-state index contributed by atoms with van der Waals surface area (Å²) in [5.74, 6) is 0.995. The average molecular weight is 166 g/mol. The van der Waals surface area contributed by atoms with E-state index in [1.807, 2.05) is 0 Å². The fourth-order valence-electron chi connectivity index (χ4n) is 3.95. The summed E-state index contributed by atoms with van der Waals surface area (Å²) in [5, 5.41) is 0. The molecule has 2 rings (SSSR count). The molecule has 0 heterocycles. The van der Waals surface area contributed by atoms with E-state index in [4.69, 9.17) is 0 Å². The number of rotatable bonds is 0. The topological polar surface area (TPSA) is 0 Å². The van der Waals surface area contributed by atoms with Crippen LogP contribution in [0.2, 0.25) is 0 Å². The minimum atomic E-state index is 0.642. The van der Waals surface area contributed by atoms with Crippen molar-refractivity contribution in [3.8, 4) is 0 Å². The zero-order valence-electron chi connectivity index (χ0n) is 8.82. The monoisotopic (exact) mass is 166 g/mol. The van der Waals surface area contributed by atoms with E-state index < -0.39 is 0 Å². The van der Waals surface area contributed by atoms with Crippen molar-refractivity contribution < 1.29 is 0 Å². The Kier molecular flexibility index (Phi) is 1.79. The molecule has 0 amide bonds. The lowest BCUT2D eigenvalue weighted by molar-refractivity contribution is 0.0768. The van der Waals surface area contributed by atoms with Gasteiger partial charge in [-0.1, -0.05) is 33.6 Å². The molecule has 2 fully saturated rings. The van der Waals surface area contributed by atoms with Gasteiger partial charge in [0.15, 0.2) is 0 Å². The van der Waals surface area contributed by atoms with Crippen molar-refractivity contribution in [3.63, 3.8) is 0 Å². The third-order valence-corrected chi connectivity index (χ3v) is 4.99. The maximum absolute atomic E-state index is 2.50. The van der Waals surface area contributed by atoms with Crippen molar-refractivity contribution in [2.45, 2.75) is 59.3 Å². The fourth-order valence-corrected chi connectivity index (χ4v) is 3.95. The quantitative estimate of drug-likeness (QED) is 0.510. The smallest absolute Gasteiger partial charge is 0.0221 e. The molecule has 2 saturated carbocycles. The normalized spacial score (nSPS) is 37.8. The minimum Gasteiger partial charge on any atom is -0.0620 e. The molecule has 1 unspecified atom stereocenters. The molecule has 1 spiro atoms. The molecule has 0 aliphatic heterocycles. The third-order valence-electron chi connectivity index (χ3n) is 4.99. The highest BCUT2D eigenvalue weighted by Gasteiger charge is 2.53. The van der Waals surface area contributed by atoms with Crippen molar-refractivity contribution in [1.29, 1.82) is 0 Å². The highest BCUT2D eigenvalue weighted by atomic mass is 14.6. The Bertz CT molecular complexity index is 172. The van der Waals surface area contributed by atoms with E-state index >= 15 is 0 Å². The first-order valence-corrected chi connectivity index (χ1v) is 5.58. The van der Waals surface area contributed by atoms with Crippen LogP contribution >= 0.6 is 0 Å². The van der Waals surface area contributed by atoms with Crippen LogP contribution < -0.4 is 0 Å². The summed E-state index contributed by atoms with van der Waals surface area (Å²) >= 11 is 0. The van der Waals surface area contributed by atoms with Gasteiger partial charge in [0, 0.05) is 0 Å². The first kappa shape index (κ1) is 8.59. The van der Waals surface area contributed by atoms with Crippen molar-refractivity contribution in [2.24, 2.45) is 16.7 Å². The third kappa shape index (κ3) is 0.900. The van der Waals surface area contributed by atoms with Gasteiger partial charge in [-0.2, -0.15) is 0 Å². The second kappa shape index (κ2) is 2.49. The van der Waals surface area contributed by atoms with Crippen LogP contribution in [0.5, 0.6) is 0 Å². The SMILES string of the molecule is CC1CCC(C)(C)C12CCCC2. The van der Waals surface area contributed by atoms with Gasteiger partial charge in [0.2, 0.25) is 0 Å². The van der Waals surface area contributed by atoms with Gasteiger partial charge in [-0.3, -0.25) is 0 Å². The van der Waals surface area contributed by atoms with Gasteiger partial charge >= 0.3 is 0 Å². The molecule has 0 bridgehead atoms. The summed E-state index contributed by atoms with van der Waals surface area (Å²) in [5.41, 5.74) is 1.38. The maximum Gasteiger partial charge on any atom is -0.0221 e. The highest BCUT2D eigenvalue weighted by molar-refractivity contribution is 5.03. The van der Waals surface area contributed by atoms with Gasteiger partial charge in [-0.05, 0) is 42.4 Å². The molecular formula is C12H22. The molecule has 2 aliphatic rings. The van der Waals surface area contributed by atoms with E-state index in [0.717, 1.165) is 11.3 Å². The number of hydrogen-bond donors (Lipinski definition) is 0. The average Bonchev–Trinajstić information content (AvgIpc) is 2.55. The van der Waals surface area contributed by atoms with Crippen LogP contribution in [0.4, 0.5) is 0 Å². The van der Waals surface area contributed by atoms with Gasteiger partial charge in [-0.25, -0.2) is 0 Å². The summed E-state index contributed by atoms with van der Waals surface area (Å²) in [7, 11) is 0. The summed E-state index contributed by atoms with van der Waals surface area (Å²) in [6.07, 6.45) is 8.96. The molecule has 0 aromatic heterocycles. The zero-order valence-corrected chi connectivity index (χ0v) is 8.82. The maximum atomic E-state index is 2.50. The van der Waals surface area contributed by atoms with Gasteiger partial charge in [-0.15, -0.1) is 0 Å². The van der Waals surface area contributed by atoms with Gasteiger partial charge in [0.1, 0.15) is 0 Å². The minimum absolute atomic E-state index is 0.642. The van der Waals surface area contributed by atoms with Crippen LogP contribution in [-0.2, 0) is 0 Å². The van der Waals surface area contributed by atoms with Crippen LogP contribution in [0.15, 0.2) is 0 Å². The Balaban J connectivity index is 2.29. The lowest BCUT2D eigenvalue weighted by atomic mass is 9.63. The first-order chi connectivity index (χ1) is 5.58. The van der Waals surface area contributed by atoms with Crippen molar-refractivity contribution >= 4 is 0 Å². The standard InChI is InChI=1S/C12H22/c1-10-6-9-11(2,3)12(10)7-4-5-8-12/h10H,4-9H2,1-3H3. The zero-order chi connectivity index (χ0) is 8.82. The predicted octanol–water partition coefficient (Wildman–Crippen LogP) is 4.00. The number of hydrogen-bond acceptors (Lipinski definition) is 0. The first-order valence-electron chi connectivity index (χ1n) is 5.58. The molecule has 12 heavy (non-hydrogen) atoms. The predicted molar refractivity (Wildman–Crippen MR) is 53.1 cm³/mol. The van der Waals surface area contributed by atoms with Gasteiger partial charge in [0.05, 0.1) is 0 Å². The van der Waals surface area contributed by atoms with Crippen LogP contribution in [0.1, 0.15) is 59.3 Å². The van der Waals surface area contributed by atoms with Crippen LogP contribution in [0.3, 0.4) is 0 Å². The Morgan fingerprint density at radius 3 is 2.00 bits per heavy atom. The molecule has 70 valence electrons. The summed E-state index contributed by atoms with van der Waals surface area (Å²) in [6.45, 7) is 7.49. The summed E-state index contributed by atoms with van der Waals surface area (Å²) in [6, 6.07) is 0. The van der Waals surface area contributed by atoms with Crippen LogP contribution in [0, 0.1) is 16.7 Å². The van der Waals surface area contributed by atoms with E-state index in [2.05, 4.69) is 20.8 Å². The molecule has 0 aromatic carbocycles. The van der Waals surface area contributed by atoms with E-state index in [-0.39, 0.29) is 0 Å². The van der Waals surface area contributed by atoms with E-state index in [0.29, 0.717) is 5.41 Å². The van der Waals surface area contributed by atoms with Crippen molar-refractivity contribution in [1.82, 2.24) is 0 Å². The Labute approximate surface area is 76.7 Å². The second-order valence-corrected chi connectivity index (χ2v) is 5.69. The van der Waals surface area contributed by atoms with Crippen LogP contribution in [0.25, 0.3) is 0 Å². The van der Waals surface area contributed by atoms with E-state index in [1.54, 1.807) is 0 Å². The molecule has 0 nitrogen and oxygen atoms in total. The van der Waals surface area contributed by atoms with E-state index in [1.165, 1.54) is 38.5 Å².